The summed E-state index contributed by atoms with van der Waals surface area (Å²) in [5.74, 6) is 1.86. The van der Waals surface area contributed by atoms with Crippen LogP contribution in [0.2, 0.25) is 0 Å². The molecule has 9 heteroatoms. The molecule has 4 rings (SSSR count). The van der Waals surface area contributed by atoms with Gasteiger partial charge in [0.1, 0.15) is 6.04 Å². The van der Waals surface area contributed by atoms with Gasteiger partial charge in [-0.15, -0.1) is 0 Å². The van der Waals surface area contributed by atoms with Gasteiger partial charge in [0.05, 0.1) is 5.57 Å². The minimum absolute atomic E-state index is 0.0622. The number of anilines is 1. The second-order valence-electron chi connectivity index (χ2n) is 6.17. The average molecular weight is 357 g/mol. The molecule has 0 radical (unpaired) electrons. The van der Waals surface area contributed by atoms with E-state index in [1.165, 1.54) is 0 Å². The van der Waals surface area contributed by atoms with Crippen LogP contribution < -0.4 is 20.5 Å². The van der Waals surface area contributed by atoms with E-state index in [0.717, 1.165) is 5.56 Å². The molecule has 1 amide bonds. The van der Waals surface area contributed by atoms with Gasteiger partial charge in [0.2, 0.25) is 18.6 Å². The van der Waals surface area contributed by atoms with E-state index in [1.807, 2.05) is 12.1 Å². The van der Waals surface area contributed by atoms with E-state index in [2.05, 4.69) is 15.4 Å². The number of benzene rings is 1. The van der Waals surface area contributed by atoms with Gasteiger partial charge in [0.15, 0.2) is 17.3 Å². The maximum absolute atomic E-state index is 12.1. The molecule has 0 fully saturated rings. The Labute approximate surface area is 149 Å². The number of aromatic nitrogens is 3. The maximum Gasteiger partial charge on any atom is 0.248 e. The summed E-state index contributed by atoms with van der Waals surface area (Å²) in [6.45, 7) is 2.01. The molecule has 0 saturated heterocycles. The molecule has 0 unspecified atom stereocenters. The molecular weight excluding hydrogens is 338 g/mol. The topological polar surface area (TPSA) is 125 Å². The number of primary amides is 1. The smallest absolute Gasteiger partial charge is 0.248 e. The predicted molar refractivity (Wildman–Crippen MR) is 91.6 cm³/mol. The SMILES string of the molecule is CC1=C(C(N)=O)[C@H](c2ccc3c(c2)OCO3)n2nc(CCCO)nc2N1. The van der Waals surface area contributed by atoms with E-state index < -0.39 is 11.9 Å². The van der Waals surface area contributed by atoms with E-state index >= 15 is 0 Å². The van der Waals surface area contributed by atoms with Crippen molar-refractivity contribution in [2.45, 2.75) is 25.8 Å². The highest BCUT2D eigenvalue weighted by atomic mass is 16.7. The first-order valence-electron chi connectivity index (χ1n) is 8.32. The van der Waals surface area contributed by atoms with Gasteiger partial charge in [0.25, 0.3) is 0 Å². The van der Waals surface area contributed by atoms with Crippen molar-refractivity contribution in [1.29, 1.82) is 0 Å². The normalized spacial score (nSPS) is 17.8. The van der Waals surface area contributed by atoms with Crippen molar-refractivity contribution in [3.63, 3.8) is 0 Å². The molecule has 0 aliphatic carbocycles. The van der Waals surface area contributed by atoms with Gasteiger partial charge in [-0.3, -0.25) is 4.79 Å². The minimum Gasteiger partial charge on any atom is -0.454 e. The Morgan fingerprint density at radius 1 is 1.42 bits per heavy atom. The summed E-state index contributed by atoms with van der Waals surface area (Å²) < 4.78 is 12.5. The number of fused-ring (bicyclic) bond motifs is 2. The maximum atomic E-state index is 12.1. The van der Waals surface area contributed by atoms with Gasteiger partial charge in [-0.05, 0) is 31.0 Å². The summed E-state index contributed by atoms with van der Waals surface area (Å²) in [6.07, 6.45) is 1.10. The zero-order valence-electron chi connectivity index (χ0n) is 14.2. The molecule has 2 aromatic rings. The third kappa shape index (κ3) is 2.66. The zero-order valence-corrected chi connectivity index (χ0v) is 14.2. The van der Waals surface area contributed by atoms with Crippen molar-refractivity contribution < 1.29 is 19.4 Å². The Balaban J connectivity index is 1.81. The van der Waals surface area contributed by atoms with Crippen LogP contribution in [0, 0.1) is 0 Å². The van der Waals surface area contributed by atoms with Crippen LogP contribution in [0.4, 0.5) is 5.95 Å². The Morgan fingerprint density at radius 3 is 3.00 bits per heavy atom. The van der Waals surface area contributed by atoms with Gasteiger partial charge in [-0.25, -0.2) is 4.68 Å². The summed E-state index contributed by atoms with van der Waals surface area (Å²) in [6, 6.07) is 4.97. The lowest BCUT2D eigenvalue weighted by molar-refractivity contribution is -0.115. The number of allylic oxidation sites excluding steroid dienone is 1. The molecule has 2 aliphatic rings. The molecule has 0 saturated carbocycles. The number of aliphatic hydroxyl groups excluding tert-OH is 1. The number of aryl methyl sites for hydroxylation is 1. The molecule has 2 aliphatic heterocycles. The van der Waals surface area contributed by atoms with Gasteiger partial charge in [-0.2, -0.15) is 10.1 Å². The van der Waals surface area contributed by atoms with E-state index in [4.69, 9.17) is 20.3 Å². The van der Waals surface area contributed by atoms with Gasteiger partial charge < -0.3 is 25.6 Å². The van der Waals surface area contributed by atoms with E-state index in [0.29, 0.717) is 47.4 Å². The molecule has 1 aromatic carbocycles. The van der Waals surface area contributed by atoms with Crippen molar-refractivity contribution in [3.8, 4) is 11.5 Å². The largest absolute Gasteiger partial charge is 0.454 e. The molecular formula is C17H19N5O4. The molecule has 136 valence electrons. The van der Waals surface area contributed by atoms with E-state index in [-0.39, 0.29) is 13.4 Å². The summed E-state index contributed by atoms with van der Waals surface area (Å²) in [7, 11) is 0. The third-order valence-corrected chi connectivity index (χ3v) is 4.43. The first-order valence-corrected chi connectivity index (χ1v) is 8.32. The van der Waals surface area contributed by atoms with Crippen LogP contribution in [0.5, 0.6) is 11.5 Å². The highest BCUT2D eigenvalue weighted by Crippen LogP contribution is 2.40. The van der Waals surface area contributed by atoms with Crippen LogP contribution in [0.15, 0.2) is 29.5 Å². The number of hydrogen-bond acceptors (Lipinski definition) is 7. The minimum atomic E-state index is -0.532. The third-order valence-electron chi connectivity index (χ3n) is 4.43. The standard InChI is InChI=1S/C17H19N5O4/c1-9-14(16(18)24)15(10-4-5-11-12(7-10)26-8-25-11)22-17(19-9)20-13(21-22)3-2-6-23/h4-5,7,15,23H,2-3,6,8H2,1H3,(H2,18,24)(H,19,20,21)/t15-/m0/s1. The second kappa shape index (κ2) is 6.34. The Bertz CT molecular complexity index is 905. The quantitative estimate of drug-likeness (QED) is 0.719. The lowest BCUT2D eigenvalue weighted by Gasteiger charge is -2.27. The number of ether oxygens (including phenoxy) is 2. The summed E-state index contributed by atoms with van der Waals surface area (Å²) in [5, 5.41) is 16.6. The lowest BCUT2D eigenvalue weighted by atomic mass is 9.95. The fourth-order valence-electron chi connectivity index (χ4n) is 3.25. The first kappa shape index (κ1) is 16.4. The molecule has 1 atom stereocenters. The highest BCUT2D eigenvalue weighted by Gasteiger charge is 2.34. The van der Waals surface area contributed by atoms with Crippen molar-refractivity contribution in [2.24, 2.45) is 5.73 Å². The Hall–Kier alpha value is -3.07. The highest BCUT2D eigenvalue weighted by molar-refractivity contribution is 5.95. The van der Waals surface area contributed by atoms with Gasteiger partial charge >= 0.3 is 0 Å². The summed E-state index contributed by atoms with van der Waals surface area (Å²) >= 11 is 0. The van der Waals surface area contributed by atoms with Gasteiger partial charge in [-0.1, -0.05) is 6.07 Å². The number of aliphatic hydroxyl groups is 1. The van der Waals surface area contributed by atoms with Crippen LogP contribution >= 0.6 is 0 Å². The lowest BCUT2D eigenvalue weighted by Crippen LogP contribution is -2.31. The number of rotatable bonds is 5. The molecule has 4 N–H and O–H groups in total. The zero-order chi connectivity index (χ0) is 18.3. The van der Waals surface area contributed by atoms with E-state index in [9.17, 15) is 4.79 Å². The molecule has 0 bridgehead atoms. The van der Waals surface area contributed by atoms with Crippen LogP contribution in [0.3, 0.4) is 0 Å². The number of hydrogen-bond donors (Lipinski definition) is 3. The molecule has 1 aromatic heterocycles. The summed E-state index contributed by atoms with van der Waals surface area (Å²) in [5.41, 5.74) is 7.50. The molecule has 3 heterocycles. The monoisotopic (exact) mass is 357 g/mol. The second-order valence-corrected chi connectivity index (χ2v) is 6.17. The summed E-state index contributed by atoms with van der Waals surface area (Å²) in [4.78, 5) is 16.6. The number of nitrogens with zero attached hydrogens (tertiary/aromatic N) is 3. The Kier molecular flexibility index (Phi) is 4.00. The van der Waals surface area contributed by atoms with Crippen LogP contribution in [0.25, 0.3) is 0 Å². The number of carbonyl (C=O) groups is 1. The van der Waals surface area contributed by atoms with Crippen molar-refractivity contribution in [3.05, 3.63) is 40.9 Å². The van der Waals surface area contributed by atoms with Crippen molar-refractivity contribution in [1.82, 2.24) is 14.8 Å². The van der Waals surface area contributed by atoms with Crippen LogP contribution in [0.1, 0.15) is 30.8 Å². The van der Waals surface area contributed by atoms with Gasteiger partial charge in [0, 0.05) is 18.7 Å². The predicted octanol–water partition coefficient (Wildman–Crippen LogP) is 0.706. The number of carbonyl (C=O) groups excluding carboxylic acids is 1. The molecule has 26 heavy (non-hydrogen) atoms. The van der Waals surface area contributed by atoms with Crippen molar-refractivity contribution in [2.75, 3.05) is 18.7 Å². The van der Waals surface area contributed by atoms with Crippen LogP contribution in [-0.4, -0.2) is 39.2 Å². The number of nitrogens with one attached hydrogen (secondary N) is 1. The van der Waals surface area contributed by atoms with Crippen molar-refractivity contribution >= 4 is 11.9 Å². The average Bonchev–Trinajstić information content (AvgIpc) is 3.23. The Morgan fingerprint density at radius 2 is 2.23 bits per heavy atom. The fraction of sp³-hybridized carbons (Fsp3) is 0.353. The molecule has 9 nitrogen and oxygen atoms in total. The first-order chi connectivity index (χ1) is 12.6. The number of amides is 1. The van der Waals surface area contributed by atoms with E-state index in [1.54, 1.807) is 17.7 Å². The fourth-order valence-corrected chi connectivity index (χ4v) is 3.25. The number of nitrogens with two attached hydrogens (primary N) is 1. The van der Waals surface area contributed by atoms with Crippen LogP contribution in [-0.2, 0) is 11.2 Å². The molecule has 0 spiro atoms.